The molecule has 0 bridgehead atoms. The van der Waals surface area contributed by atoms with Crippen LogP contribution in [0.15, 0.2) is 60.9 Å². The summed E-state index contributed by atoms with van der Waals surface area (Å²) in [7, 11) is 3.32. The molecule has 30 heavy (non-hydrogen) atoms. The number of nitrogens with zero attached hydrogens (tertiary/aromatic N) is 2. The normalized spacial score (nSPS) is 14.9. The third kappa shape index (κ3) is 4.40. The second-order valence-electron chi connectivity index (χ2n) is 7.29. The summed E-state index contributed by atoms with van der Waals surface area (Å²) < 4.78 is 16.8. The molecule has 1 N–H and O–H groups in total. The molecule has 1 aromatic heterocycles. The van der Waals surface area contributed by atoms with E-state index in [9.17, 15) is 5.11 Å². The van der Waals surface area contributed by atoms with E-state index in [-0.39, 0.29) is 0 Å². The molecule has 1 aliphatic rings. The number of aliphatic hydroxyl groups excluding tert-OH is 1. The van der Waals surface area contributed by atoms with Crippen molar-refractivity contribution < 1.29 is 19.3 Å². The molecule has 0 fully saturated rings. The number of fused-ring (bicyclic) bond motifs is 1. The predicted molar refractivity (Wildman–Crippen MR) is 114 cm³/mol. The van der Waals surface area contributed by atoms with Crippen LogP contribution in [0.25, 0.3) is 0 Å². The molecule has 0 saturated heterocycles. The minimum atomic E-state index is -0.720. The Labute approximate surface area is 176 Å². The smallest absolute Gasteiger partial charge is 0.127 e. The van der Waals surface area contributed by atoms with Gasteiger partial charge < -0.3 is 19.3 Å². The van der Waals surface area contributed by atoms with E-state index in [1.807, 2.05) is 48.5 Å². The molecule has 0 spiro atoms. The Morgan fingerprint density at radius 2 is 2.00 bits per heavy atom. The first-order valence-corrected chi connectivity index (χ1v) is 9.95. The quantitative estimate of drug-likeness (QED) is 0.675. The van der Waals surface area contributed by atoms with Crippen molar-refractivity contribution in [2.75, 3.05) is 27.4 Å². The molecule has 0 saturated carbocycles. The maximum absolute atomic E-state index is 10.8. The van der Waals surface area contributed by atoms with Gasteiger partial charge in [-0.05, 0) is 29.8 Å². The van der Waals surface area contributed by atoms with Crippen molar-refractivity contribution in [1.82, 2.24) is 9.88 Å². The largest absolute Gasteiger partial charge is 0.497 e. The molecule has 3 aromatic rings. The van der Waals surface area contributed by atoms with Crippen LogP contribution < -0.4 is 14.2 Å². The van der Waals surface area contributed by atoms with Crippen LogP contribution in [-0.4, -0.2) is 42.4 Å². The summed E-state index contributed by atoms with van der Waals surface area (Å²) in [4.78, 5) is 6.42. The fourth-order valence-electron chi connectivity index (χ4n) is 3.73. The Bertz CT molecular complexity index is 994. The van der Waals surface area contributed by atoms with Crippen LogP contribution >= 0.6 is 0 Å². The number of hydrogen-bond acceptors (Lipinski definition) is 6. The Hall–Kier alpha value is -3.09. The SMILES string of the molecule is COc1ccc(CN2CCOc3ccc(C(O)c4cccnc4)cc3C2)c(OC)c1. The second-order valence-corrected chi connectivity index (χ2v) is 7.29. The van der Waals surface area contributed by atoms with Gasteiger partial charge in [0, 0.05) is 54.8 Å². The number of benzene rings is 2. The molecule has 1 aliphatic heterocycles. The molecule has 1 unspecified atom stereocenters. The van der Waals surface area contributed by atoms with Crippen LogP contribution in [-0.2, 0) is 13.1 Å². The van der Waals surface area contributed by atoms with Gasteiger partial charge in [0.15, 0.2) is 0 Å². The Morgan fingerprint density at radius 1 is 1.10 bits per heavy atom. The van der Waals surface area contributed by atoms with Crippen LogP contribution in [0.5, 0.6) is 17.2 Å². The summed E-state index contributed by atoms with van der Waals surface area (Å²) in [6, 6.07) is 15.5. The average Bonchev–Trinajstić information content (AvgIpc) is 3.00. The van der Waals surface area contributed by atoms with Crippen LogP contribution in [0.4, 0.5) is 0 Å². The monoisotopic (exact) mass is 406 g/mol. The lowest BCUT2D eigenvalue weighted by molar-refractivity contribution is 0.217. The van der Waals surface area contributed by atoms with Crippen LogP contribution in [0.3, 0.4) is 0 Å². The van der Waals surface area contributed by atoms with E-state index in [2.05, 4.69) is 9.88 Å². The van der Waals surface area contributed by atoms with Crippen molar-refractivity contribution in [2.24, 2.45) is 0 Å². The molecule has 6 heteroatoms. The van der Waals surface area contributed by atoms with Crippen LogP contribution in [0.2, 0.25) is 0 Å². The molecule has 0 aliphatic carbocycles. The highest BCUT2D eigenvalue weighted by molar-refractivity contribution is 5.42. The van der Waals surface area contributed by atoms with Gasteiger partial charge in [0.05, 0.1) is 14.2 Å². The highest BCUT2D eigenvalue weighted by Gasteiger charge is 2.20. The molecule has 0 amide bonds. The Morgan fingerprint density at radius 3 is 2.77 bits per heavy atom. The van der Waals surface area contributed by atoms with E-state index in [4.69, 9.17) is 14.2 Å². The van der Waals surface area contributed by atoms with Gasteiger partial charge in [-0.3, -0.25) is 9.88 Å². The lowest BCUT2D eigenvalue weighted by Crippen LogP contribution is -2.25. The molecular weight excluding hydrogens is 380 g/mol. The summed E-state index contributed by atoms with van der Waals surface area (Å²) in [5.41, 5.74) is 3.75. The van der Waals surface area contributed by atoms with Gasteiger partial charge in [0.2, 0.25) is 0 Å². The lowest BCUT2D eigenvalue weighted by atomic mass is 10.00. The molecule has 156 valence electrons. The summed E-state index contributed by atoms with van der Waals surface area (Å²) in [6.07, 6.45) is 2.67. The molecule has 6 nitrogen and oxygen atoms in total. The van der Waals surface area contributed by atoms with Crippen molar-refractivity contribution in [1.29, 1.82) is 0 Å². The summed E-state index contributed by atoms with van der Waals surface area (Å²) in [6.45, 7) is 2.85. The minimum absolute atomic E-state index is 0.607. The van der Waals surface area contributed by atoms with Crippen molar-refractivity contribution >= 4 is 0 Å². The molecule has 0 radical (unpaired) electrons. The summed E-state index contributed by atoms with van der Waals surface area (Å²) >= 11 is 0. The topological polar surface area (TPSA) is 64.1 Å². The van der Waals surface area contributed by atoms with Gasteiger partial charge in [-0.25, -0.2) is 0 Å². The third-order valence-corrected chi connectivity index (χ3v) is 5.35. The Balaban J connectivity index is 1.56. The first kappa shape index (κ1) is 20.2. The first-order valence-electron chi connectivity index (χ1n) is 9.95. The van der Waals surface area contributed by atoms with E-state index in [0.717, 1.165) is 59.1 Å². The fourth-order valence-corrected chi connectivity index (χ4v) is 3.73. The number of aromatic nitrogens is 1. The Kier molecular flexibility index (Phi) is 6.16. The zero-order chi connectivity index (χ0) is 20.9. The molecule has 4 rings (SSSR count). The van der Waals surface area contributed by atoms with E-state index in [1.54, 1.807) is 26.6 Å². The van der Waals surface area contributed by atoms with Crippen molar-refractivity contribution in [2.45, 2.75) is 19.2 Å². The van der Waals surface area contributed by atoms with E-state index in [1.165, 1.54) is 0 Å². The first-order chi connectivity index (χ1) is 14.7. The third-order valence-electron chi connectivity index (χ3n) is 5.35. The van der Waals surface area contributed by atoms with Gasteiger partial charge >= 0.3 is 0 Å². The predicted octanol–water partition coefficient (Wildman–Crippen LogP) is 3.58. The number of rotatable bonds is 6. The van der Waals surface area contributed by atoms with Gasteiger partial charge in [0.1, 0.15) is 30.0 Å². The number of methoxy groups -OCH3 is 2. The summed E-state index contributed by atoms with van der Waals surface area (Å²) in [5.74, 6) is 2.44. The zero-order valence-electron chi connectivity index (χ0n) is 17.2. The lowest BCUT2D eigenvalue weighted by Gasteiger charge is -2.21. The van der Waals surface area contributed by atoms with Gasteiger partial charge in [-0.2, -0.15) is 0 Å². The van der Waals surface area contributed by atoms with Crippen molar-refractivity contribution in [3.05, 3.63) is 83.2 Å². The number of pyridine rings is 1. The standard InChI is InChI=1S/C24H26N2O4/c1-28-21-7-5-19(23(13-21)29-2)15-26-10-11-30-22-8-6-17(12-20(22)16-26)24(27)18-4-3-9-25-14-18/h3-9,12-14,24,27H,10-11,15-16H2,1-2H3. The number of ether oxygens (including phenoxy) is 3. The number of hydrogen-bond donors (Lipinski definition) is 1. The minimum Gasteiger partial charge on any atom is -0.497 e. The summed E-state index contributed by atoms with van der Waals surface area (Å²) in [5, 5.41) is 10.8. The van der Waals surface area contributed by atoms with Crippen LogP contribution in [0, 0.1) is 0 Å². The molecule has 1 atom stereocenters. The molecule has 2 heterocycles. The van der Waals surface area contributed by atoms with Gasteiger partial charge in [-0.1, -0.05) is 18.2 Å². The van der Waals surface area contributed by atoms with Gasteiger partial charge in [0.25, 0.3) is 0 Å². The van der Waals surface area contributed by atoms with Gasteiger partial charge in [-0.15, -0.1) is 0 Å². The highest BCUT2D eigenvalue weighted by atomic mass is 16.5. The van der Waals surface area contributed by atoms with E-state index < -0.39 is 6.10 Å². The van der Waals surface area contributed by atoms with Crippen LogP contribution in [0.1, 0.15) is 28.4 Å². The molecular formula is C24H26N2O4. The van der Waals surface area contributed by atoms with Crippen molar-refractivity contribution in [3.8, 4) is 17.2 Å². The highest BCUT2D eigenvalue weighted by Crippen LogP contribution is 2.31. The maximum Gasteiger partial charge on any atom is 0.127 e. The second kappa shape index (κ2) is 9.15. The zero-order valence-corrected chi connectivity index (χ0v) is 17.2. The van der Waals surface area contributed by atoms with Crippen molar-refractivity contribution in [3.63, 3.8) is 0 Å². The molecule has 2 aromatic carbocycles. The van der Waals surface area contributed by atoms with E-state index in [0.29, 0.717) is 6.61 Å². The van der Waals surface area contributed by atoms with E-state index >= 15 is 0 Å². The fraction of sp³-hybridized carbons (Fsp3) is 0.292. The maximum atomic E-state index is 10.8. The number of aliphatic hydroxyl groups is 1. The average molecular weight is 406 g/mol.